The Morgan fingerprint density at radius 3 is 2.60 bits per heavy atom. The molecule has 2 aliphatic rings. The summed E-state index contributed by atoms with van der Waals surface area (Å²) in [7, 11) is 0. The SMILES string of the molecule is O=C(CCc1nc2c(s1)CCCC2)Nc1ccc(N2CCCC2)cc1. The number of thiazole rings is 1. The Balaban J connectivity index is 1.29. The van der Waals surface area contributed by atoms with Crippen LogP contribution in [0.5, 0.6) is 0 Å². The first-order valence-electron chi connectivity index (χ1n) is 9.40. The fourth-order valence-corrected chi connectivity index (χ4v) is 4.84. The van der Waals surface area contributed by atoms with Crippen molar-refractivity contribution in [3.05, 3.63) is 39.8 Å². The second kappa shape index (κ2) is 7.56. The average Bonchev–Trinajstić information content (AvgIpc) is 3.30. The third-order valence-electron chi connectivity index (χ3n) is 5.08. The third-order valence-corrected chi connectivity index (χ3v) is 6.30. The first-order chi connectivity index (χ1) is 12.3. The maximum atomic E-state index is 12.2. The summed E-state index contributed by atoms with van der Waals surface area (Å²) in [6.45, 7) is 2.28. The molecule has 0 radical (unpaired) electrons. The molecule has 4 rings (SSSR count). The van der Waals surface area contributed by atoms with Crippen LogP contribution in [0.15, 0.2) is 24.3 Å². The van der Waals surface area contributed by atoms with E-state index in [0.29, 0.717) is 6.42 Å². The van der Waals surface area contributed by atoms with Crippen LogP contribution in [0.4, 0.5) is 11.4 Å². The van der Waals surface area contributed by atoms with Crippen LogP contribution < -0.4 is 10.2 Å². The average molecular weight is 356 g/mol. The predicted octanol–water partition coefficient (Wildman–Crippen LogP) is 4.19. The molecule has 1 saturated heterocycles. The molecule has 1 N–H and O–H groups in total. The summed E-state index contributed by atoms with van der Waals surface area (Å²) in [5, 5.41) is 4.13. The molecule has 1 aliphatic carbocycles. The van der Waals surface area contributed by atoms with Crippen LogP contribution in [0.2, 0.25) is 0 Å². The van der Waals surface area contributed by atoms with Gasteiger partial charge in [-0.15, -0.1) is 11.3 Å². The predicted molar refractivity (Wildman–Crippen MR) is 104 cm³/mol. The van der Waals surface area contributed by atoms with E-state index in [9.17, 15) is 4.79 Å². The molecule has 2 aromatic rings. The van der Waals surface area contributed by atoms with E-state index in [0.717, 1.165) is 36.6 Å². The number of hydrogen-bond donors (Lipinski definition) is 1. The Hall–Kier alpha value is -1.88. The van der Waals surface area contributed by atoms with Crippen LogP contribution in [0.1, 0.15) is 47.7 Å². The summed E-state index contributed by atoms with van der Waals surface area (Å²) < 4.78 is 0. The normalized spacial score (nSPS) is 16.7. The van der Waals surface area contributed by atoms with E-state index in [4.69, 9.17) is 4.98 Å². The third kappa shape index (κ3) is 4.03. The molecule has 132 valence electrons. The molecule has 0 bridgehead atoms. The lowest BCUT2D eigenvalue weighted by Crippen LogP contribution is -2.17. The number of anilines is 2. The van der Waals surface area contributed by atoms with Crippen molar-refractivity contribution < 1.29 is 4.79 Å². The zero-order valence-corrected chi connectivity index (χ0v) is 15.4. The molecule has 0 atom stereocenters. The fraction of sp³-hybridized carbons (Fsp3) is 0.500. The van der Waals surface area contributed by atoms with Crippen LogP contribution in [0, 0.1) is 0 Å². The Morgan fingerprint density at radius 1 is 1.08 bits per heavy atom. The van der Waals surface area contributed by atoms with Gasteiger partial charge in [0.25, 0.3) is 0 Å². The minimum atomic E-state index is 0.0714. The number of aromatic nitrogens is 1. The number of rotatable bonds is 5. The summed E-state index contributed by atoms with van der Waals surface area (Å²) in [4.78, 5) is 20.8. The van der Waals surface area contributed by atoms with Gasteiger partial charge in [0.05, 0.1) is 10.7 Å². The largest absolute Gasteiger partial charge is 0.372 e. The highest BCUT2D eigenvalue weighted by Crippen LogP contribution is 2.27. The van der Waals surface area contributed by atoms with Crippen LogP contribution >= 0.6 is 11.3 Å². The topological polar surface area (TPSA) is 45.2 Å². The Morgan fingerprint density at radius 2 is 1.84 bits per heavy atom. The van der Waals surface area contributed by atoms with Crippen molar-refractivity contribution in [3.63, 3.8) is 0 Å². The zero-order chi connectivity index (χ0) is 17.1. The van der Waals surface area contributed by atoms with E-state index in [2.05, 4.69) is 22.3 Å². The number of nitrogens with zero attached hydrogens (tertiary/aromatic N) is 2. The standard InChI is InChI=1S/C20H25N3OS/c24-19(11-12-20-22-17-5-1-2-6-18(17)25-20)21-15-7-9-16(10-8-15)23-13-3-4-14-23/h7-10H,1-6,11-14H2,(H,21,24). The van der Waals surface area contributed by atoms with E-state index >= 15 is 0 Å². The van der Waals surface area contributed by atoms with Gasteiger partial charge in [0.15, 0.2) is 0 Å². The Labute approximate surface area is 153 Å². The summed E-state index contributed by atoms with van der Waals surface area (Å²) in [5.74, 6) is 0.0714. The van der Waals surface area contributed by atoms with Gasteiger partial charge in [0.2, 0.25) is 5.91 Å². The molecular formula is C20H25N3OS. The van der Waals surface area contributed by atoms with Crippen molar-refractivity contribution >= 4 is 28.6 Å². The summed E-state index contributed by atoms with van der Waals surface area (Å²) in [6, 6.07) is 8.23. The van der Waals surface area contributed by atoms with E-state index < -0.39 is 0 Å². The van der Waals surface area contributed by atoms with Crippen molar-refractivity contribution in [1.29, 1.82) is 0 Å². The van der Waals surface area contributed by atoms with Crippen molar-refractivity contribution in [2.24, 2.45) is 0 Å². The molecule has 1 amide bonds. The molecule has 25 heavy (non-hydrogen) atoms. The number of nitrogens with one attached hydrogen (secondary N) is 1. The van der Waals surface area contributed by atoms with Gasteiger partial charge in [-0.2, -0.15) is 0 Å². The zero-order valence-electron chi connectivity index (χ0n) is 14.6. The van der Waals surface area contributed by atoms with Gasteiger partial charge in [0.1, 0.15) is 0 Å². The summed E-state index contributed by atoms with van der Waals surface area (Å²) in [6.07, 6.45) is 8.61. The Bertz CT molecular complexity index is 708. The van der Waals surface area contributed by atoms with Crippen LogP contribution in [0.3, 0.4) is 0 Å². The minimum absolute atomic E-state index is 0.0714. The number of carbonyl (C=O) groups excluding carboxylic acids is 1. The molecule has 1 aromatic heterocycles. The van der Waals surface area contributed by atoms with Crippen molar-refractivity contribution in [3.8, 4) is 0 Å². The monoisotopic (exact) mass is 355 g/mol. The summed E-state index contributed by atoms with van der Waals surface area (Å²) in [5.41, 5.74) is 3.42. The van der Waals surface area contributed by atoms with E-state index in [-0.39, 0.29) is 5.91 Å². The van der Waals surface area contributed by atoms with Crippen LogP contribution in [0.25, 0.3) is 0 Å². The molecule has 2 heterocycles. The maximum Gasteiger partial charge on any atom is 0.224 e. The van der Waals surface area contributed by atoms with Crippen molar-refractivity contribution in [2.75, 3.05) is 23.3 Å². The van der Waals surface area contributed by atoms with Crippen molar-refractivity contribution in [1.82, 2.24) is 4.98 Å². The molecular weight excluding hydrogens is 330 g/mol. The lowest BCUT2D eigenvalue weighted by Gasteiger charge is -2.17. The van der Waals surface area contributed by atoms with E-state index in [1.165, 1.54) is 48.4 Å². The minimum Gasteiger partial charge on any atom is -0.372 e. The quantitative estimate of drug-likeness (QED) is 0.874. The smallest absolute Gasteiger partial charge is 0.224 e. The highest BCUT2D eigenvalue weighted by Gasteiger charge is 2.16. The molecule has 1 aliphatic heterocycles. The van der Waals surface area contributed by atoms with Crippen LogP contribution in [-0.4, -0.2) is 24.0 Å². The van der Waals surface area contributed by atoms with Gasteiger partial charge in [0, 0.05) is 42.2 Å². The second-order valence-electron chi connectivity index (χ2n) is 6.97. The van der Waals surface area contributed by atoms with Crippen molar-refractivity contribution in [2.45, 2.75) is 51.4 Å². The van der Waals surface area contributed by atoms with Gasteiger partial charge in [-0.25, -0.2) is 4.98 Å². The molecule has 0 unspecified atom stereocenters. The molecule has 1 fully saturated rings. The number of carbonyl (C=O) groups is 1. The van der Waals surface area contributed by atoms with Gasteiger partial charge in [-0.1, -0.05) is 0 Å². The van der Waals surface area contributed by atoms with E-state index in [1.54, 1.807) is 11.3 Å². The number of fused-ring (bicyclic) bond motifs is 1. The molecule has 0 spiro atoms. The van der Waals surface area contributed by atoms with Crippen LogP contribution in [-0.2, 0) is 24.1 Å². The fourth-order valence-electron chi connectivity index (χ4n) is 3.69. The molecule has 4 nitrogen and oxygen atoms in total. The number of amides is 1. The van der Waals surface area contributed by atoms with Gasteiger partial charge in [-0.05, 0) is 62.8 Å². The second-order valence-corrected chi connectivity index (χ2v) is 8.14. The van der Waals surface area contributed by atoms with Gasteiger partial charge >= 0.3 is 0 Å². The highest BCUT2D eigenvalue weighted by atomic mass is 32.1. The first kappa shape index (κ1) is 16.6. The number of benzene rings is 1. The van der Waals surface area contributed by atoms with Gasteiger partial charge < -0.3 is 10.2 Å². The maximum absolute atomic E-state index is 12.2. The lowest BCUT2D eigenvalue weighted by atomic mass is 10.0. The molecule has 5 heteroatoms. The van der Waals surface area contributed by atoms with E-state index in [1.807, 2.05) is 12.1 Å². The van der Waals surface area contributed by atoms with Gasteiger partial charge in [-0.3, -0.25) is 4.79 Å². The summed E-state index contributed by atoms with van der Waals surface area (Å²) >= 11 is 1.80. The number of hydrogen-bond acceptors (Lipinski definition) is 4. The molecule has 0 saturated carbocycles. The Kier molecular flexibility index (Phi) is 5.02. The molecule has 1 aromatic carbocycles. The first-order valence-corrected chi connectivity index (χ1v) is 10.2. The lowest BCUT2D eigenvalue weighted by molar-refractivity contribution is -0.116. The number of aryl methyl sites for hydroxylation is 3. The highest BCUT2D eigenvalue weighted by molar-refractivity contribution is 7.11.